The number of rotatable bonds is 4. The van der Waals surface area contributed by atoms with Gasteiger partial charge in [0, 0.05) is 35.2 Å². The van der Waals surface area contributed by atoms with Gasteiger partial charge < -0.3 is 19.9 Å². The molecule has 6 nitrogen and oxygen atoms in total. The van der Waals surface area contributed by atoms with Gasteiger partial charge >= 0.3 is 0 Å². The van der Waals surface area contributed by atoms with Gasteiger partial charge in [-0.2, -0.15) is 0 Å². The molecular weight excluding hydrogens is 366 g/mol. The summed E-state index contributed by atoms with van der Waals surface area (Å²) in [6.45, 7) is 2.75. The van der Waals surface area contributed by atoms with E-state index in [4.69, 9.17) is 16.3 Å². The molecule has 2 N–H and O–H groups in total. The molecule has 0 aliphatic carbocycles. The topological polar surface area (TPSA) is 74.4 Å². The number of fused-ring (bicyclic) bond motifs is 1. The quantitative estimate of drug-likeness (QED) is 0.534. The number of ether oxygens (including phenoxy) is 1. The maximum atomic E-state index is 12.7. The first-order valence-electron chi connectivity index (χ1n) is 8.67. The minimum absolute atomic E-state index is 0.300. The third-order valence-electron chi connectivity index (χ3n) is 4.60. The van der Waals surface area contributed by atoms with Gasteiger partial charge in [-0.1, -0.05) is 23.7 Å². The molecule has 0 unspecified atom stereocenters. The Labute approximate surface area is 161 Å². The van der Waals surface area contributed by atoms with Crippen LogP contribution in [0.5, 0.6) is 0 Å². The van der Waals surface area contributed by atoms with Gasteiger partial charge in [-0.25, -0.2) is 0 Å². The van der Waals surface area contributed by atoms with Gasteiger partial charge in [0.15, 0.2) is 0 Å². The van der Waals surface area contributed by atoms with Crippen LogP contribution in [0.25, 0.3) is 10.9 Å². The number of aromatic nitrogens is 1. The molecular formula is C20H18ClN3O3. The highest BCUT2D eigenvalue weighted by Gasteiger charge is 2.22. The Morgan fingerprint density at radius 3 is 2.70 bits per heavy atom. The fourth-order valence-corrected chi connectivity index (χ4v) is 3.41. The van der Waals surface area contributed by atoms with Crippen molar-refractivity contribution in [1.29, 1.82) is 0 Å². The Morgan fingerprint density at radius 1 is 1.11 bits per heavy atom. The number of morpholine rings is 1. The van der Waals surface area contributed by atoms with Crippen molar-refractivity contribution in [3.63, 3.8) is 0 Å². The molecule has 3 aromatic rings. The number of nitrogens with zero attached hydrogens (tertiary/aromatic N) is 1. The van der Waals surface area contributed by atoms with Crippen LogP contribution in [0.1, 0.15) is 10.4 Å². The molecule has 0 spiro atoms. The number of nitrogens with one attached hydrogen (secondary N) is 2. The Kier molecular flexibility index (Phi) is 4.83. The van der Waals surface area contributed by atoms with E-state index in [0.29, 0.717) is 34.9 Å². The lowest BCUT2D eigenvalue weighted by molar-refractivity contribution is -0.112. The molecule has 7 heteroatoms. The molecule has 0 radical (unpaired) electrons. The average molecular weight is 384 g/mol. The number of hydrogen-bond acceptors (Lipinski definition) is 4. The molecule has 1 fully saturated rings. The summed E-state index contributed by atoms with van der Waals surface area (Å²) in [4.78, 5) is 30.5. The van der Waals surface area contributed by atoms with Crippen LogP contribution in [-0.4, -0.2) is 43.0 Å². The fraction of sp³-hybridized carbons (Fsp3) is 0.200. The molecule has 0 bridgehead atoms. The van der Waals surface area contributed by atoms with Gasteiger partial charge in [-0.3, -0.25) is 9.59 Å². The van der Waals surface area contributed by atoms with Crippen LogP contribution >= 0.6 is 11.6 Å². The number of amides is 1. The molecule has 0 atom stereocenters. The second-order valence-electron chi connectivity index (χ2n) is 6.29. The number of halogens is 1. The monoisotopic (exact) mass is 383 g/mol. The Hall–Kier alpha value is -2.83. The third-order valence-corrected chi connectivity index (χ3v) is 4.83. The van der Waals surface area contributed by atoms with Crippen LogP contribution in [0.3, 0.4) is 0 Å². The molecule has 27 heavy (non-hydrogen) atoms. The second kappa shape index (κ2) is 7.42. The van der Waals surface area contributed by atoms with E-state index in [-0.39, 0.29) is 0 Å². The van der Waals surface area contributed by atoms with Crippen molar-refractivity contribution in [1.82, 2.24) is 4.98 Å². The zero-order valence-electron chi connectivity index (χ0n) is 14.5. The minimum atomic E-state index is -0.684. The standard InChI is InChI=1S/C20H18ClN3O3/c21-13-5-6-16-14(11-13)15(12-22-16)19(25)20(26)23-17-3-1-2-4-18(17)24-7-9-27-10-8-24/h1-6,11-12,22H,7-10H2,(H,23,26). The van der Waals surface area contributed by atoms with Gasteiger partial charge in [0.05, 0.1) is 30.2 Å². The lowest BCUT2D eigenvalue weighted by Gasteiger charge is -2.30. The molecule has 1 aromatic heterocycles. The predicted octanol–water partition coefficient (Wildman–Crippen LogP) is 3.48. The summed E-state index contributed by atoms with van der Waals surface area (Å²) >= 11 is 6.03. The summed E-state index contributed by atoms with van der Waals surface area (Å²) in [7, 11) is 0. The number of Topliss-reactive ketones (excluding diaryl/α,β-unsaturated/α-hetero) is 1. The van der Waals surface area contributed by atoms with Crippen LogP contribution in [-0.2, 0) is 9.53 Å². The van der Waals surface area contributed by atoms with Crippen molar-refractivity contribution < 1.29 is 14.3 Å². The van der Waals surface area contributed by atoms with Crippen molar-refractivity contribution >= 4 is 45.6 Å². The Bertz CT molecular complexity index is 1010. The number of aromatic amines is 1. The lowest BCUT2D eigenvalue weighted by atomic mass is 10.1. The second-order valence-corrected chi connectivity index (χ2v) is 6.73. The van der Waals surface area contributed by atoms with Gasteiger partial charge in [-0.15, -0.1) is 0 Å². The van der Waals surface area contributed by atoms with Crippen molar-refractivity contribution in [2.75, 3.05) is 36.5 Å². The Morgan fingerprint density at radius 2 is 1.89 bits per heavy atom. The predicted molar refractivity (Wildman–Crippen MR) is 106 cm³/mol. The lowest BCUT2D eigenvalue weighted by Crippen LogP contribution is -2.37. The van der Waals surface area contributed by atoms with E-state index in [0.717, 1.165) is 24.3 Å². The van der Waals surface area contributed by atoms with Crippen LogP contribution in [0.15, 0.2) is 48.7 Å². The summed E-state index contributed by atoms with van der Waals surface area (Å²) in [5, 5.41) is 3.89. The molecule has 4 rings (SSSR count). The van der Waals surface area contributed by atoms with Gasteiger partial charge in [0.1, 0.15) is 0 Å². The molecule has 0 saturated carbocycles. The van der Waals surface area contributed by atoms with Crippen LogP contribution in [0.4, 0.5) is 11.4 Å². The molecule has 1 amide bonds. The molecule has 2 aromatic carbocycles. The van der Waals surface area contributed by atoms with Gasteiger partial charge in [-0.05, 0) is 30.3 Å². The number of carbonyl (C=O) groups is 2. The SMILES string of the molecule is O=C(Nc1ccccc1N1CCOCC1)C(=O)c1c[nH]c2ccc(Cl)cc12. The van der Waals surface area contributed by atoms with E-state index in [9.17, 15) is 9.59 Å². The average Bonchev–Trinajstić information content (AvgIpc) is 3.11. The number of carbonyl (C=O) groups excluding carboxylic acids is 2. The molecule has 1 saturated heterocycles. The number of benzene rings is 2. The van der Waals surface area contributed by atoms with Crippen molar-refractivity contribution in [3.8, 4) is 0 Å². The largest absolute Gasteiger partial charge is 0.378 e. The number of anilines is 2. The Balaban J connectivity index is 1.59. The van der Waals surface area contributed by atoms with E-state index in [1.807, 2.05) is 18.2 Å². The number of hydrogen-bond donors (Lipinski definition) is 2. The number of H-pyrrole nitrogens is 1. The maximum absolute atomic E-state index is 12.7. The highest BCUT2D eigenvalue weighted by molar-refractivity contribution is 6.48. The molecule has 1 aliphatic rings. The van der Waals surface area contributed by atoms with Crippen LogP contribution in [0.2, 0.25) is 5.02 Å². The first-order valence-corrected chi connectivity index (χ1v) is 9.05. The summed E-state index contributed by atoms with van der Waals surface area (Å²) in [5.41, 5.74) is 2.54. The van der Waals surface area contributed by atoms with E-state index < -0.39 is 11.7 Å². The zero-order valence-corrected chi connectivity index (χ0v) is 15.3. The summed E-state index contributed by atoms with van der Waals surface area (Å²) in [6.07, 6.45) is 1.54. The van der Waals surface area contributed by atoms with E-state index >= 15 is 0 Å². The van der Waals surface area contributed by atoms with E-state index in [1.165, 1.54) is 6.20 Å². The van der Waals surface area contributed by atoms with E-state index in [2.05, 4.69) is 15.2 Å². The molecule has 138 valence electrons. The van der Waals surface area contributed by atoms with Gasteiger partial charge in [0.2, 0.25) is 0 Å². The minimum Gasteiger partial charge on any atom is -0.378 e. The normalized spacial score (nSPS) is 14.3. The van der Waals surface area contributed by atoms with Crippen molar-refractivity contribution in [2.45, 2.75) is 0 Å². The fourth-order valence-electron chi connectivity index (χ4n) is 3.24. The summed E-state index contributed by atoms with van der Waals surface area (Å²) in [5.74, 6) is -1.29. The zero-order chi connectivity index (χ0) is 18.8. The third kappa shape index (κ3) is 3.54. The first-order chi connectivity index (χ1) is 13.1. The summed E-state index contributed by atoms with van der Waals surface area (Å²) < 4.78 is 5.38. The highest BCUT2D eigenvalue weighted by Crippen LogP contribution is 2.27. The number of ketones is 1. The molecule has 2 heterocycles. The summed E-state index contributed by atoms with van der Waals surface area (Å²) in [6, 6.07) is 12.6. The van der Waals surface area contributed by atoms with Crippen LogP contribution in [0, 0.1) is 0 Å². The number of para-hydroxylation sites is 2. The van der Waals surface area contributed by atoms with E-state index in [1.54, 1.807) is 24.3 Å². The smallest absolute Gasteiger partial charge is 0.296 e. The highest BCUT2D eigenvalue weighted by atomic mass is 35.5. The van der Waals surface area contributed by atoms with Crippen molar-refractivity contribution in [2.24, 2.45) is 0 Å². The first kappa shape index (κ1) is 17.6. The van der Waals surface area contributed by atoms with Gasteiger partial charge in [0.25, 0.3) is 11.7 Å². The maximum Gasteiger partial charge on any atom is 0.296 e. The molecule has 1 aliphatic heterocycles. The van der Waals surface area contributed by atoms with Crippen LogP contribution < -0.4 is 10.2 Å². The van der Waals surface area contributed by atoms with Crippen molar-refractivity contribution in [3.05, 3.63) is 59.2 Å².